The van der Waals surface area contributed by atoms with Crippen molar-refractivity contribution in [1.82, 2.24) is 9.36 Å². The Morgan fingerprint density at radius 1 is 1.28 bits per heavy atom. The van der Waals surface area contributed by atoms with Gasteiger partial charge in [0.25, 0.3) is 0 Å². The number of halogens is 1. The molecule has 0 amide bonds. The molecule has 2 aromatic rings. The number of nitrogens with zero attached hydrogens (tertiary/aromatic N) is 2. The molecule has 96 valence electrons. The number of aromatic nitrogens is 2. The van der Waals surface area contributed by atoms with Crippen LogP contribution in [0.5, 0.6) is 0 Å². The molecule has 5 heteroatoms. The Morgan fingerprint density at radius 2 is 2.00 bits per heavy atom. The molecule has 0 saturated heterocycles. The number of hydrogen-bond acceptors (Lipinski definition) is 4. The molecule has 3 nitrogen and oxygen atoms in total. The first kappa shape index (κ1) is 13.0. The van der Waals surface area contributed by atoms with Crippen LogP contribution in [0, 0.1) is 12.7 Å². The average molecular weight is 265 g/mol. The zero-order valence-electron chi connectivity index (χ0n) is 10.9. The van der Waals surface area contributed by atoms with Crippen molar-refractivity contribution >= 4 is 16.7 Å². The van der Waals surface area contributed by atoms with Crippen LogP contribution < -0.4 is 5.32 Å². The van der Waals surface area contributed by atoms with Gasteiger partial charge in [-0.15, -0.1) is 0 Å². The highest BCUT2D eigenvalue weighted by molar-refractivity contribution is 7.09. The molecule has 0 radical (unpaired) electrons. The van der Waals surface area contributed by atoms with Crippen molar-refractivity contribution in [1.29, 1.82) is 0 Å². The standard InChI is InChI=1S/C13H16FN3S/c1-8-5-6-9(14)7-10(8)11-15-12(18-17-11)16-13(2,3)4/h5-7H,1-4H3,(H,15,16,17). The molecule has 1 N–H and O–H groups in total. The Labute approximate surface area is 110 Å². The van der Waals surface area contributed by atoms with E-state index in [0.717, 1.165) is 16.3 Å². The Morgan fingerprint density at radius 3 is 2.67 bits per heavy atom. The van der Waals surface area contributed by atoms with Crippen LogP contribution in [0.4, 0.5) is 9.52 Å². The number of nitrogens with one attached hydrogen (secondary N) is 1. The molecule has 0 atom stereocenters. The van der Waals surface area contributed by atoms with Crippen molar-refractivity contribution in [2.45, 2.75) is 33.2 Å². The summed E-state index contributed by atoms with van der Waals surface area (Å²) in [6, 6.07) is 4.65. The maximum absolute atomic E-state index is 13.2. The fourth-order valence-electron chi connectivity index (χ4n) is 1.54. The monoisotopic (exact) mass is 265 g/mol. The van der Waals surface area contributed by atoms with Gasteiger partial charge in [0.05, 0.1) is 0 Å². The van der Waals surface area contributed by atoms with Crippen molar-refractivity contribution in [3.63, 3.8) is 0 Å². The van der Waals surface area contributed by atoms with Crippen molar-refractivity contribution in [2.24, 2.45) is 0 Å². The van der Waals surface area contributed by atoms with Gasteiger partial charge in [0, 0.05) is 22.6 Å². The van der Waals surface area contributed by atoms with E-state index in [0.29, 0.717) is 5.82 Å². The molecule has 1 aromatic heterocycles. The number of rotatable bonds is 2. The van der Waals surface area contributed by atoms with Crippen LogP contribution in [0.3, 0.4) is 0 Å². The summed E-state index contributed by atoms with van der Waals surface area (Å²) in [6.45, 7) is 8.09. The quantitative estimate of drug-likeness (QED) is 0.896. The molecule has 0 fully saturated rings. The SMILES string of the molecule is Cc1ccc(F)cc1-c1nsc(NC(C)(C)C)n1. The van der Waals surface area contributed by atoms with Crippen molar-refractivity contribution in [2.75, 3.05) is 5.32 Å². The molecule has 0 saturated carbocycles. The summed E-state index contributed by atoms with van der Waals surface area (Å²) in [6.07, 6.45) is 0. The van der Waals surface area contributed by atoms with Crippen LogP contribution in [0.2, 0.25) is 0 Å². The summed E-state index contributed by atoms with van der Waals surface area (Å²) in [5.74, 6) is 0.305. The third kappa shape index (κ3) is 3.04. The van der Waals surface area contributed by atoms with E-state index in [-0.39, 0.29) is 11.4 Å². The van der Waals surface area contributed by atoms with Crippen LogP contribution in [-0.2, 0) is 0 Å². The maximum Gasteiger partial charge on any atom is 0.203 e. The fraction of sp³-hybridized carbons (Fsp3) is 0.385. The van der Waals surface area contributed by atoms with E-state index in [9.17, 15) is 4.39 Å². The van der Waals surface area contributed by atoms with E-state index in [1.807, 2.05) is 6.92 Å². The molecular weight excluding hydrogens is 249 g/mol. The number of hydrogen-bond donors (Lipinski definition) is 1. The Kier molecular flexibility index (Phi) is 3.34. The molecule has 0 aliphatic rings. The maximum atomic E-state index is 13.2. The first-order valence-corrected chi connectivity index (χ1v) is 6.51. The smallest absolute Gasteiger partial charge is 0.203 e. The lowest BCUT2D eigenvalue weighted by molar-refractivity contribution is 0.627. The van der Waals surface area contributed by atoms with Gasteiger partial charge < -0.3 is 5.32 Å². The molecule has 0 bridgehead atoms. The molecule has 0 unspecified atom stereocenters. The van der Waals surface area contributed by atoms with Crippen molar-refractivity contribution < 1.29 is 4.39 Å². The summed E-state index contributed by atoms with van der Waals surface area (Å²) >= 11 is 1.29. The number of aryl methyl sites for hydroxylation is 1. The van der Waals surface area contributed by atoms with Gasteiger partial charge in [-0.1, -0.05) is 6.07 Å². The second-order valence-electron chi connectivity index (χ2n) is 5.26. The van der Waals surface area contributed by atoms with E-state index >= 15 is 0 Å². The summed E-state index contributed by atoms with van der Waals surface area (Å²) in [5, 5.41) is 4.01. The lowest BCUT2D eigenvalue weighted by Crippen LogP contribution is -2.25. The molecular formula is C13H16FN3S. The zero-order chi connectivity index (χ0) is 13.3. The van der Waals surface area contributed by atoms with E-state index < -0.39 is 0 Å². The van der Waals surface area contributed by atoms with Crippen LogP contribution >= 0.6 is 11.5 Å². The summed E-state index contributed by atoms with van der Waals surface area (Å²) in [7, 11) is 0. The normalized spacial score (nSPS) is 11.6. The van der Waals surface area contributed by atoms with Gasteiger partial charge in [0.15, 0.2) is 5.82 Å². The Balaban J connectivity index is 2.32. The second kappa shape index (κ2) is 4.65. The number of anilines is 1. The largest absolute Gasteiger partial charge is 0.356 e. The van der Waals surface area contributed by atoms with Crippen LogP contribution in [0.1, 0.15) is 26.3 Å². The highest BCUT2D eigenvalue weighted by Crippen LogP contribution is 2.26. The topological polar surface area (TPSA) is 37.8 Å². The zero-order valence-corrected chi connectivity index (χ0v) is 11.7. The molecule has 1 heterocycles. The van der Waals surface area contributed by atoms with Gasteiger partial charge in [0.1, 0.15) is 5.82 Å². The average Bonchev–Trinajstić information content (AvgIpc) is 2.67. The molecule has 1 aromatic carbocycles. The van der Waals surface area contributed by atoms with E-state index in [1.165, 1.54) is 23.7 Å². The fourth-order valence-corrected chi connectivity index (χ4v) is 2.33. The molecule has 0 aliphatic heterocycles. The predicted octanol–water partition coefficient (Wildman–Crippen LogP) is 3.86. The summed E-state index contributed by atoms with van der Waals surface area (Å²) in [5.41, 5.74) is 1.65. The second-order valence-corrected chi connectivity index (χ2v) is 6.01. The van der Waals surface area contributed by atoms with Gasteiger partial charge in [-0.2, -0.15) is 9.36 Å². The van der Waals surface area contributed by atoms with Crippen LogP contribution in [0.25, 0.3) is 11.4 Å². The summed E-state index contributed by atoms with van der Waals surface area (Å²) in [4.78, 5) is 4.40. The van der Waals surface area contributed by atoms with Gasteiger partial charge >= 0.3 is 0 Å². The minimum absolute atomic E-state index is 0.0617. The third-order valence-electron chi connectivity index (χ3n) is 2.35. The van der Waals surface area contributed by atoms with Gasteiger partial charge in [0.2, 0.25) is 5.13 Å². The molecule has 18 heavy (non-hydrogen) atoms. The molecule has 2 rings (SSSR count). The van der Waals surface area contributed by atoms with E-state index in [2.05, 4.69) is 35.4 Å². The summed E-state index contributed by atoms with van der Waals surface area (Å²) < 4.78 is 17.5. The van der Waals surface area contributed by atoms with Gasteiger partial charge in [-0.3, -0.25) is 0 Å². The van der Waals surface area contributed by atoms with Crippen LogP contribution in [0.15, 0.2) is 18.2 Å². The molecule has 0 aliphatic carbocycles. The van der Waals surface area contributed by atoms with Crippen molar-refractivity contribution in [3.05, 3.63) is 29.6 Å². The Bertz CT molecular complexity index is 558. The van der Waals surface area contributed by atoms with E-state index in [1.54, 1.807) is 6.07 Å². The van der Waals surface area contributed by atoms with Crippen LogP contribution in [-0.4, -0.2) is 14.9 Å². The molecule has 0 spiro atoms. The minimum Gasteiger partial charge on any atom is -0.356 e. The highest BCUT2D eigenvalue weighted by Gasteiger charge is 2.14. The van der Waals surface area contributed by atoms with Gasteiger partial charge in [-0.25, -0.2) is 4.39 Å². The first-order valence-electron chi connectivity index (χ1n) is 5.73. The highest BCUT2D eigenvalue weighted by atomic mass is 32.1. The van der Waals surface area contributed by atoms with Gasteiger partial charge in [-0.05, 0) is 45.4 Å². The lowest BCUT2D eigenvalue weighted by Gasteiger charge is -2.18. The van der Waals surface area contributed by atoms with E-state index in [4.69, 9.17) is 0 Å². The van der Waals surface area contributed by atoms with Crippen molar-refractivity contribution in [3.8, 4) is 11.4 Å². The first-order chi connectivity index (χ1) is 8.35. The third-order valence-corrected chi connectivity index (χ3v) is 2.98. The lowest BCUT2D eigenvalue weighted by atomic mass is 10.1. The number of benzene rings is 1. The Hall–Kier alpha value is -1.49. The minimum atomic E-state index is -0.268. The predicted molar refractivity (Wildman–Crippen MR) is 73.4 cm³/mol.